The summed E-state index contributed by atoms with van der Waals surface area (Å²) in [5, 5.41) is 37.9. The number of fused-ring (bicyclic) bond motifs is 1. The highest BCUT2D eigenvalue weighted by Gasteiger charge is 2.41. The Labute approximate surface area is 223 Å². The molecule has 1 aliphatic rings. The number of hydrogen-bond donors (Lipinski definition) is 5. The van der Waals surface area contributed by atoms with Crippen LogP contribution < -0.4 is 10.6 Å². The fourth-order valence-corrected chi connectivity index (χ4v) is 5.79. The van der Waals surface area contributed by atoms with Gasteiger partial charge in [0.15, 0.2) is 0 Å². The van der Waals surface area contributed by atoms with Crippen molar-refractivity contribution in [1.82, 2.24) is 15.0 Å². The summed E-state index contributed by atoms with van der Waals surface area (Å²) in [6.45, 7) is 2.01. The molecule has 0 bridgehead atoms. The minimum Gasteiger partial charge on any atom is -0.465 e. The van der Waals surface area contributed by atoms with Gasteiger partial charge in [0.1, 0.15) is 16.9 Å². The molecule has 0 unspecified atom stereocenters. The van der Waals surface area contributed by atoms with Crippen LogP contribution in [0, 0.1) is 12.8 Å². The van der Waals surface area contributed by atoms with Crippen molar-refractivity contribution in [2.24, 2.45) is 5.92 Å². The number of benzene rings is 2. The number of nitrogens with one attached hydrogen (secondary N) is 2. The zero-order valence-corrected chi connectivity index (χ0v) is 21.8. The predicted molar refractivity (Wildman–Crippen MR) is 145 cm³/mol. The molecule has 4 aromatic rings. The lowest BCUT2D eigenvalue weighted by Crippen LogP contribution is -2.35. The minimum absolute atomic E-state index is 0.221. The number of aryl methyl sites for hydroxylation is 1. The molecule has 198 valence electrons. The van der Waals surface area contributed by atoms with Gasteiger partial charge in [-0.25, -0.2) is 14.8 Å². The van der Waals surface area contributed by atoms with E-state index in [2.05, 4.69) is 15.6 Å². The normalized spacial score (nSPS) is 21.0. The van der Waals surface area contributed by atoms with E-state index in [0.29, 0.717) is 41.6 Å². The molecule has 10 nitrogen and oxygen atoms in total. The van der Waals surface area contributed by atoms with Crippen molar-refractivity contribution in [2.45, 2.75) is 38.1 Å². The van der Waals surface area contributed by atoms with E-state index in [1.54, 1.807) is 18.2 Å². The van der Waals surface area contributed by atoms with E-state index in [1.165, 1.54) is 18.4 Å². The zero-order chi connectivity index (χ0) is 26.8. The third-order valence-corrected chi connectivity index (χ3v) is 7.81. The Morgan fingerprint density at radius 2 is 1.92 bits per heavy atom. The number of carbonyl (C=O) groups is 1. The number of carbonyl (C=O) groups excluding carboxylic acids is 1. The fraction of sp³-hybridized carbons (Fsp3) is 0.333. The van der Waals surface area contributed by atoms with Crippen LogP contribution in [0.5, 0.6) is 0 Å². The number of hydrogen-bond acceptors (Lipinski definition) is 11. The van der Waals surface area contributed by atoms with Crippen LogP contribution in [-0.2, 0) is 11.3 Å². The van der Waals surface area contributed by atoms with Crippen LogP contribution >= 0.6 is 11.3 Å². The average Bonchev–Trinajstić information content (AvgIpc) is 3.47. The summed E-state index contributed by atoms with van der Waals surface area (Å²) < 4.78 is 5.83. The second-order valence-electron chi connectivity index (χ2n) is 9.30. The highest BCUT2D eigenvalue weighted by Crippen LogP contribution is 2.38. The molecular formula is C27H29N5O5S. The van der Waals surface area contributed by atoms with Gasteiger partial charge in [-0.2, -0.15) is 4.98 Å². The van der Waals surface area contributed by atoms with Crippen molar-refractivity contribution >= 4 is 39.3 Å². The van der Waals surface area contributed by atoms with Gasteiger partial charge in [-0.05, 0) is 43.2 Å². The number of thiazole rings is 1. The van der Waals surface area contributed by atoms with Crippen molar-refractivity contribution in [2.75, 3.05) is 24.4 Å². The van der Waals surface area contributed by atoms with Crippen LogP contribution in [0.1, 0.15) is 28.0 Å². The van der Waals surface area contributed by atoms with Crippen molar-refractivity contribution < 1.29 is 24.9 Å². The van der Waals surface area contributed by atoms with Gasteiger partial charge in [0.25, 0.3) is 0 Å². The molecule has 1 fully saturated rings. The Morgan fingerprint density at radius 3 is 2.66 bits per heavy atom. The Bertz CT molecular complexity index is 1430. The first-order valence-electron chi connectivity index (χ1n) is 12.3. The van der Waals surface area contributed by atoms with Crippen LogP contribution in [0.2, 0.25) is 0 Å². The first-order valence-corrected chi connectivity index (χ1v) is 13.1. The number of nitrogens with zero attached hydrogens (tertiary/aromatic N) is 3. The number of aliphatic hydroxyl groups is 3. The molecule has 1 saturated carbocycles. The molecule has 0 aliphatic heterocycles. The monoisotopic (exact) mass is 535 g/mol. The van der Waals surface area contributed by atoms with Crippen molar-refractivity contribution in [3.8, 4) is 10.6 Å². The minimum atomic E-state index is -1.07. The topological polar surface area (TPSA) is 150 Å². The smallest absolute Gasteiger partial charge is 0.337 e. The van der Waals surface area contributed by atoms with Gasteiger partial charge in [0.2, 0.25) is 5.95 Å². The van der Waals surface area contributed by atoms with Crippen LogP contribution in [0.4, 0.5) is 11.8 Å². The fourth-order valence-electron chi connectivity index (χ4n) is 4.72. The maximum Gasteiger partial charge on any atom is 0.337 e. The molecule has 38 heavy (non-hydrogen) atoms. The van der Waals surface area contributed by atoms with E-state index in [9.17, 15) is 20.1 Å². The highest BCUT2D eigenvalue weighted by molar-refractivity contribution is 7.21. The van der Waals surface area contributed by atoms with Crippen LogP contribution in [-0.4, -0.2) is 68.2 Å². The summed E-state index contributed by atoms with van der Waals surface area (Å²) >= 11 is 1.52. The van der Waals surface area contributed by atoms with E-state index in [4.69, 9.17) is 14.7 Å². The van der Waals surface area contributed by atoms with Gasteiger partial charge in [-0.3, -0.25) is 0 Å². The van der Waals surface area contributed by atoms with Crippen LogP contribution in [0.25, 0.3) is 20.8 Å². The van der Waals surface area contributed by atoms with E-state index in [0.717, 1.165) is 20.8 Å². The summed E-state index contributed by atoms with van der Waals surface area (Å²) in [4.78, 5) is 26.1. The Hall–Kier alpha value is -3.64. The standard InChI is InChI=1S/C27H29N5O5S/c1-14-21(25-31-18-8-3-4-9-20(18)38-25)24(30-19-11-17(13-33)22(34)23(19)35)32-27(29-14)28-12-15-6-5-7-16(10-15)26(36)37-2/h3-10,17,19,22-23,33-35H,11-13H2,1-2H3,(H2,28,29,30,32)/t17-,19-,22-,23+/m1/s1. The maximum atomic E-state index is 11.9. The number of rotatable bonds is 8. The average molecular weight is 536 g/mol. The molecule has 1 aliphatic carbocycles. The summed E-state index contributed by atoms with van der Waals surface area (Å²) in [6.07, 6.45) is -1.72. The lowest BCUT2D eigenvalue weighted by atomic mass is 10.1. The first kappa shape index (κ1) is 26.0. The van der Waals surface area contributed by atoms with Gasteiger partial charge in [-0.15, -0.1) is 11.3 Å². The Morgan fingerprint density at radius 1 is 1.11 bits per heavy atom. The van der Waals surface area contributed by atoms with Crippen molar-refractivity contribution in [3.63, 3.8) is 0 Å². The third kappa shape index (κ3) is 5.18. The number of esters is 1. The summed E-state index contributed by atoms with van der Waals surface area (Å²) in [6, 6.07) is 14.4. The molecule has 0 saturated heterocycles. The first-order chi connectivity index (χ1) is 18.4. The second-order valence-corrected chi connectivity index (χ2v) is 10.3. The molecule has 0 radical (unpaired) electrons. The molecule has 2 heterocycles. The SMILES string of the molecule is COC(=O)c1cccc(CNc2nc(C)c(-c3nc4ccccc4s3)c(N[C@@H]3C[C@H](CO)[C@@H](O)[C@H]3O)n2)c1. The molecule has 0 spiro atoms. The number of methoxy groups -OCH3 is 1. The molecule has 2 aromatic carbocycles. The maximum absolute atomic E-state index is 11.9. The third-order valence-electron chi connectivity index (χ3n) is 6.75. The van der Waals surface area contributed by atoms with Crippen molar-refractivity contribution in [3.05, 3.63) is 65.4 Å². The molecule has 5 N–H and O–H groups in total. The summed E-state index contributed by atoms with van der Waals surface area (Å²) in [7, 11) is 1.34. The molecule has 4 atom stereocenters. The lowest BCUT2D eigenvalue weighted by molar-refractivity contribution is 0.00446. The summed E-state index contributed by atoms with van der Waals surface area (Å²) in [5.41, 5.74) is 3.54. The van der Waals surface area contributed by atoms with Gasteiger partial charge in [0.05, 0.1) is 46.3 Å². The van der Waals surface area contributed by atoms with Gasteiger partial charge in [0, 0.05) is 19.1 Å². The number of aromatic nitrogens is 3. The number of anilines is 2. The van der Waals surface area contributed by atoms with Gasteiger partial charge in [-0.1, -0.05) is 24.3 Å². The largest absolute Gasteiger partial charge is 0.465 e. The molecule has 0 amide bonds. The quantitative estimate of drug-likeness (QED) is 0.213. The van der Waals surface area contributed by atoms with E-state index in [1.807, 2.05) is 37.3 Å². The van der Waals surface area contributed by atoms with Crippen LogP contribution in [0.15, 0.2) is 48.5 Å². The van der Waals surface area contributed by atoms with Crippen LogP contribution in [0.3, 0.4) is 0 Å². The number of ether oxygens (including phenoxy) is 1. The van der Waals surface area contributed by atoms with E-state index >= 15 is 0 Å². The second kappa shape index (κ2) is 11.0. The Balaban J connectivity index is 1.48. The van der Waals surface area contributed by atoms with E-state index < -0.39 is 30.1 Å². The van der Waals surface area contributed by atoms with Gasteiger partial charge >= 0.3 is 5.97 Å². The molecule has 5 rings (SSSR count). The number of para-hydroxylation sites is 1. The summed E-state index contributed by atoms with van der Waals surface area (Å²) in [5.74, 6) is -0.0255. The number of aliphatic hydroxyl groups excluding tert-OH is 3. The zero-order valence-electron chi connectivity index (χ0n) is 21.0. The van der Waals surface area contributed by atoms with Crippen molar-refractivity contribution in [1.29, 1.82) is 0 Å². The molecule has 11 heteroatoms. The highest BCUT2D eigenvalue weighted by atomic mass is 32.1. The lowest BCUT2D eigenvalue weighted by Gasteiger charge is -2.21. The predicted octanol–water partition coefficient (Wildman–Crippen LogP) is 2.97. The molecular weight excluding hydrogens is 506 g/mol. The van der Waals surface area contributed by atoms with Gasteiger partial charge < -0.3 is 30.7 Å². The molecule has 2 aromatic heterocycles. The Kier molecular flexibility index (Phi) is 7.52. The van der Waals surface area contributed by atoms with E-state index in [-0.39, 0.29) is 6.61 Å².